The maximum Gasteiger partial charge on any atom is 0.0884 e. The first kappa shape index (κ1) is 14.2. The van der Waals surface area contributed by atoms with Gasteiger partial charge in [0, 0.05) is 4.88 Å². The van der Waals surface area contributed by atoms with E-state index in [4.69, 9.17) is 0 Å². The summed E-state index contributed by atoms with van der Waals surface area (Å²) in [7, 11) is 0. The van der Waals surface area contributed by atoms with Crippen LogP contribution in [-0.2, 0) is 0 Å². The molecule has 1 N–H and O–H groups in total. The Morgan fingerprint density at radius 2 is 2.00 bits per heavy atom. The minimum absolute atomic E-state index is 0.311. The third-order valence-electron chi connectivity index (χ3n) is 2.51. The van der Waals surface area contributed by atoms with Crippen LogP contribution in [0.5, 0.6) is 0 Å². The summed E-state index contributed by atoms with van der Waals surface area (Å²) < 4.78 is 1.09. The fraction of sp³-hybridized carbons (Fsp3) is 0.692. The van der Waals surface area contributed by atoms with Crippen LogP contribution in [0.2, 0.25) is 0 Å². The largest absolute Gasteiger partial charge is 0.388 e. The number of rotatable bonds is 4. The van der Waals surface area contributed by atoms with Crippen molar-refractivity contribution >= 4 is 27.3 Å². The minimum atomic E-state index is -0.311. The lowest BCUT2D eigenvalue weighted by Crippen LogP contribution is -2.13. The predicted octanol–water partition coefficient (Wildman–Crippen LogP) is 5.01. The van der Waals surface area contributed by atoms with Gasteiger partial charge in [0.2, 0.25) is 0 Å². The molecule has 0 aliphatic rings. The lowest BCUT2D eigenvalue weighted by Gasteiger charge is -2.24. The first-order valence-corrected chi connectivity index (χ1v) is 7.32. The second-order valence-corrected chi connectivity index (χ2v) is 8.26. The SMILES string of the molecule is CC(CC(O)c1ccc(Br)s1)CC(C)(C)C. The van der Waals surface area contributed by atoms with Gasteiger partial charge in [-0.15, -0.1) is 11.3 Å². The molecule has 0 amide bonds. The van der Waals surface area contributed by atoms with Gasteiger partial charge in [0.15, 0.2) is 0 Å². The molecule has 0 bridgehead atoms. The maximum atomic E-state index is 10.1. The van der Waals surface area contributed by atoms with E-state index >= 15 is 0 Å². The first-order valence-electron chi connectivity index (χ1n) is 5.71. The summed E-state index contributed by atoms with van der Waals surface area (Å²) in [4.78, 5) is 1.06. The molecule has 1 aromatic heterocycles. The van der Waals surface area contributed by atoms with Gasteiger partial charge in [-0.05, 0) is 52.2 Å². The summed E-state index contributed by atoms with van der Waals surface area (Å²) in [5.74, 6) is 0.552. The van der Waals surface area contributed by atoms with Gasteiger partial charge >= 0.3 is 0 Å². The molecular formula is C13H21BrOS. The molecule has 3 heteroatoms. The lowest BCUT2D eigenvalue weighted by molar-refractivity contribution is 0.137. The highest BCUT2D eigenvalue weighted by molar-refractivity contribution is 9.11. The van der Waals surface area contributed by atoms with E-state index < -0.39 is 0 Å². The zero-order chi connectivity index (χ0) is 12.3. The van der Waals surface area contributed by atoms with Crippen LogP contribution in [0.25, 0.3) is 0 Å². The summed E-state index contributed by atoms with van der Waals surface area (Å²) in [6.07, 6.45) is 1.69. The number of thiophene rings is 1. The van der Waals surface area contributed by atoms with Crippen molar-refractivity contribution in [2.24, 2.45) is 11.3 Å². The molecule has 92 valence electrons. The average molecular weight is 305 g/mol. The molecule has 1 aromatic rings. The Bertz CT molecular complexity index is 327. The minimum Gasteiger partial charge on any atom is -0.388 e. The molecule has 0 radical (unpaired) electrons. The van der Waals surface area contributed by atoms with E-state index in [1.807, 2.05) is 12.1 Å². The molecule has 0 saturated carbocycles. The highest BCUT2D eigenvalue weighted by atomic mass is 79.9. The van der Waals surface area contributed by atoms with Crippen molar-refractivity contribution in [3.8, 4) is 0 Å². The Morgan fingerprint density at radius 1 is 1.38 bits per heavy atom. The van der Waals surface area contributed by atoms with E-state index in [0.29, 0.717) is 11.3 Å². The van der Waals surface area contributed by atoms with Crippen molar-refractivity contribution in [1.82, 2.24) is 0 Å². The zero-order valence-electron chi connectivity index (χ0n) is 10.5. The molecule has 0 saturated heterocycles. The van der Waals surface area contributed by atoms with E-state index in [1.54, 1.807) is 11.3 Å². The van der Waals surface area contributed by atoms with Crippen LogP contribution in [0, 0.1) is 11.3 Å². The van der Waals surface area contributed by atoms with E-state index in [-0.39, 0.29) is 6.10 Å². The zero-order valence-corrected chi connectivity index (χ0v) is 12.9. The van der Waals surface area contributed by atoms with Crippen molar-refractivity contribution < 1.29 is 5.11 Å². The molecule has 0 aliphatic heterocycles. The summed E-state index contributed by atoms with van der Waals surface area (Å²) in [6, 6.07) is 4.00. The van der Waals surface area contributed by atoms with Crippen molar-refractivity contribution in [2.45, 2.75) is 46.6 Å². The molecule has 1 rings (SSSR count). The molecule has 0 fully saturated rings. The second kappa shape index (κ2) is 5.65. The lowest BCUT2D eigenvalue weighted by atomic mass is 9.83. The van der Waals surface area contributed by atoms with Gasteiger partial charge in [-0.1, -0.05) is 27.7 Å². The van der Waals surface area contributed by atoms with Gasteiger partial charge in [-0.2, -0.15) is 0 Å². The number of aliphatic hydroxyl groups excluding tert-OH is 1. The summed E-state index contributed by atoms with van der Waals surface area (Å²) in [5.41, 5.74) is 0.342. The topological polar surface area (TPSA) is 20.2 Å². The Hall–Kier alpha value is 0.140. The predicted molar refractivity (Wildman–Crippen MR) is 74.8 cm³/mol. The van der Waals surface area contributed by atoms with E-state index in [9.17, 15) is 5.11 Å². The summed E-state index contributed by atoms with van der Waals surface area (Å²) >= 11 is 5.05. The van der Waals surface area contributed by atoms with Crippen LogP contribution in [0.3, 0.4) is 0 Å². The van der Waals surface area contributed by atoms with Crippen LogP contribution < -0.4 is 0 Å². The van der Waals surface area contributed by atoms with Crippen LogP contribution in [0.4, 0.5) is 0 Å². The second-order valence-electron chi connectivity index (χ2n) is 5.76. The smallest absolute Gasteiger partial charge is 0.0884 e. The van der Waals surface area contributed by atoms with Gasteiger partial charge < -0.3 is 5.11 Å². The molecule has 0 spiro atoms. The highest BCUT2D eigenvalue weighted by Crippen LogP contribution is 2.34. The molecule has 1 heterocycles. The van der Waals surface area contributed by atoms with Gasteiger partial charge in [0.1, 0.15) is 0 Å². The molecule has 2 atom stereocenters. The monoisotopic (exact) mass is 304 g/mol. The normalized spacial score (nSPS) is 16.1. The third kappa shape index (κ3) is 4.98. The third-order valence-corrected chi connectivity index (χ3v) is 4.23. The van der Waals surface area contributed by atoms with E-state index in [2.05, 4.69) is 43.6 Å². The van der Waals surface area contributed by atoms with E-state index in [0.717, 1.165) is 21.5 Å². The van der Waals surface area contributed by atoms with Gasteiger partial charge in [0.25, 0.3) is 0 Å². The Labute approximate surface area is 111 Å². The molecule has 0 aliphatic carbocycles. The molecule has 0 aromatic carbocycles. The molecule has 2 unspecified atom stereocenters. The average Bonchev–Trinajstić information content (AvgIpc) is 2.47. The summed E-state index contributed by atoms with van der Waals surface area (Å²) in [5, 5.41) is 10.1. The number of aliphatic hydroxyl groups is 1. The van der Waals surface area contributed by atoms with Gasteiger partial charge in [-0.3, -0.25) is 0 Å². The Kier molecular flexibility index (Phi) is 5.02. The van der Waals surface area contributed by atoms with Crippen molar-refractivity contribution in [3.63, 3.8) is 0 Å². The van der Waals surface area contributed by atoms with Crippen LogP contribution in [0.15, 0.2) is 15.9 Å². The number of hydrogen-bond acceptors (Lipinski definition) is 2. The Balaban J connectivity index is 2.48. The highest BCUT2D eigenvalue weighted by Gasteiger charge is 2.19. The summed E-state index contributed by atoms with van der Waals surface area (Å²) in [6.45, 7) is 8.96. The number of halogens is 1. The van der Waals surface area contributed by atoms with Crippen LogP contribution in [0.1, 0.15) is 51.5 Å². The maximum absolute atomic E-state index is 10.1. The standard InChI is InChI=1S/C13H21BrOS/c1-9(8-13(2,3)4)7-10(15)11-5-6-12(14)16-11/h5-6,9-10,15H,7-8H2,1-4H3. The van der Waals surface area contributed by atoms with Gasteiger partial charge in [0.05, 0.1) is 9.89 Å². The van der Waals surface area contributed by atoms with Gasteiger partial charge in [-0.25, -0.2) is 0 Å². The van der Waals surface area contributed by atoms with E-state index in [1.165, 1.54) is 0 Å². The fourth-order valence-corrected chi connectivity index (χ4v) is 3.56. The fourth-order valence-electron chi connectivity index (χ4n) is 2.13. The quantitative estimate of drug-likeness (QED) is 0.829. The molecular weight excluding hydrogens is 284 g/mol. The molecule has 16 heavy (non-hydrogen) atoms. The first-order chi connectivity index (χ1) is 7.28. The Morgan fingerprint density at radius 3 is 2.44 bits per heavy atom. The number of hydrogen-bond donors (Lipinski definition) is 1. The van der Waals surface area contributed by atoms with Crippen molar-refractivity contribution in [2.75, 3.05) is 0 Å². The van der Waals surface area contributed by atoms with Crippen LogP contribution >= 0.6 is 27.3 Å². The van der Waals surface area contributed by atoms with Crippen molar-refractivity contribution in [1.29, 1.82) is 0 Å². The van der Waals surface area contributed by atoms with Crippen molar-refractivity contribution in [3.05, 3.63) is 20.8 Å². The molecule has 1 nitrogen and oxygen atoms in total. The van der Waals surface area contributed by atoms with Crippen LogP contribution in [-0.4, -0.2) is 5.11 Å².